The summed E-state index contributed by atoms with van der Waals surface area (Å²) in [4.78, 5) is 25.0. The van der Waals surface area contributed by atoms with E-state index in [0.717, 1.165) is 5.56 Å². The molecule has 4 rings (SSSR count). The van der Waals surface area contributed by atoms with Gasteiger partial charge in [0, 0.05) is 29.1 Å². The van der Waals surface area contributed by atoms with E-state index in [1.165, 1.54) is 18.8 Å². The van der Waals surface area contributed by atoms with Gasteiger partial charge in [-0.25, -0.2) is 4.98 Å². The number of rotatable bonds is 4. The van der Waals surface area contributed by atoms with E-state index in [1.807, 2.05) is 6.92 Å². The molecule has 0 saturated carbocycles. The van der Waals surface area contributed by atoms with Crippen LogP contribution in [0.3, 0.4) is 0 Å². The number of anilines is 1. The molecule has 3 aromatic heterocycles. The second-order valence-corrected chi connectivity index (χ2v) is 6.28. The summed E-state index contributed by atoms with van der Waals surface area (Å²) in [5.74, 6) is 0.426. The lowest BCUT2D eigenvalue weighted by molar-refractivity contribution is 0.102. The van der Waals surface area contributed by atoms with Crippen LogP contribution in [-0.2, 0) is 0 Å². The summed E-state index contributed by atoms with van der Waals surface area (Å²) in [6, 6.07) is 6.94. The molecule has 4 aromatic rings. The molecule has 138 valence electrons. The number of aryl methyl sites for hydroxylation is 1. The van der Waals surface area contributed by atoms with Gasteiger partial charge in [-0.05, 0) is 36.8 Å². The van der Waals surface area contributed by atoms with E-state index in [0.29, 0.717) is 39.1 Å². The van der Waals surface area contributed by atoms with Crippen molar-refractivity contribution in [1.29, 1.82) is 0 Å². The molecule has 0 fully saturated rings. The fourth-order valence-electron chi connectivity index (χ4n) is 2.60. The molecule has 0 saturated heterocycles. The van der Waals surface area contributed by atoms with Crippen LogP contribution in [0.15, 0.2) is 59.9 Å². The molecule has 0 aliphatic rings. The molecule has 0 unspecified atom stereocenters. The highest BCUT2D eigenvalue weighted by Gasteiger charge is 2.13. The molecule has 0 radical (unpaired) electrons. The van der Waals surface area contributed by atoms with Crippen LogP contribution in [0.4, 0.5) is 5.82 Å². The minimum absolute atomic E-state index is 0.279. The third-order valence-corrected chi connectivity index (χ3v) is 4.34. The number of hydrogen-bond donors (Lipinski definition) is 1. The molecule has 1 amide bonds. The SMILES string of the molecule is Cc1cnccc1C(=O)Nc1cnc(-c2cc(-c3nnco3)ccc2Cl)cn1. The second kappa shape index (κ2) is 7.53. The highest BCUT2D eigenvalue weighted by Crippen LogP contribution is 2.30. The maximum atomic E-state index is 12.4. The molecule has 28 heavy (non-hydrogen) atoms. The Balaban J connectivity index is 1.58. The Bertz CT molecular complexity index is 1130. The molecular formula is C19H13ClN6O2. The Morgan fingerprint density at radius 2 is 2.04 bits per heavy atom. The lowest BCUT2D eigenvalue weighted by Crippen LogP contribution is -2.14. The van der Waals surface area contributed by atoms with Gasteiger partial charge in [-0.3, -0.25) is 14.8 Å². The van der Waals surface area contributed by atoms with E-state index in [9.17, 15) is 4.79 Å². The summed E-state index contributed by atoms with van der Waals surface area (Å²) in [5, 5.41) is 10.8. The number of carbonyl (C=O) groups excluding carboxylic acids is 1. The fourth-order valence-corrected chi connectivity index (χ4v) is 2.81. The molecule has 9 heteroatoms. The third-order valence-electron chi connectivity index (χ3n) is 4.01. The first kappa shape index (κ1) is 17.7. The molecule has 3 heterocycles. The number of amides is 1. The standard InChI is InChI=1S/C19H13ClN6O2/c1-11-7-21-5-4-13(11)18(27)25-17-9-22-16(8-23-17)14-6-12(2-3-15(14)20)19-26-24-10-28-19/h2-10H,1H3,(H,23,25,27). The first-order chi connectivity index (χ1) is 13.6. The third kappa shape index (κ3) is 3.58. The number of pyridine rings is 1. The number of carbonyl (C=O) groups is 1. The zero-order valence-corrected chi connectivity index (χ0v) is 15.4. The Morgan fingerprint density at radius 3 is 2.75 bits per heavy atom. The van der Waals surface area contributed by atoms with Crippen molar-refractivity contribution in [2.45, 2.75) is 6.92 Å². The van der Waals surface area contributed by atoms with Crippen molar-refractivity contribution in [1.82, 2.24) is 25.1 Å². The van der Waals surface area contributed by atoms with Gasteiger partial charge in [0.2, 0.25) is 12.3 Å². The summed E-state index contributed by atoms with van der Waals surface area (Å²) in [6.45, 7) is 1.81. The first-order valence-corrected chi connectivity index (χ1v) is 8.60. The number of aromatic nitrogens is 5. The van der Waals surface area contributed by atoms with Crippen molar-refractivity contribution in [3.05, 3.63) is 71.6 Å². The van der Waals surface area contributed by atoms with Crippen LogP contribution in [0, 0.1) is 6.92 Å². The van der Waals surface area contributed by atoms with Crippen LogP contribution in [-0.4, -0.2) is 31.1 Å². The maximum Gasteiger partial charge on any atom is 0.257 e. The predicted molar refractivity (Wildman–Crippen MR) is 103 cm³/mol. The lowest BCUT2D eigenvalue weighted by Gasteiger charge is -2.08. The maximum absolute atomic E-state index is 12.4. The second-order valence-electron chi connectivity index (χ2n) is 5.87. The van der Waals surface area contributed by atoms with E-state index in [1.54, 1.807) is 36.7 Å². The smallest absolute Gasteiger partial charge is 0.257 e. The zero-order valence-electron chi connectivity index (χ0n) is 14.6. The number of benzene rings is 1. The molecule has 0 aliphatic heterocycles. The average Bonchev–Trinajstić information content (AvgIpc) is 3.24. The van der Waals surface area contributed by atoms with E-state index in [2.05, 4.69) is 30.5 Å². The van der Waals surface area contributed by atoms with Crippen LogP contribution in [0.1, 0.15) is 15.9 Å². The minimum atomic E-state index is -0.279. The lowest BCUT2D eigenvalue weighted by atomic mass is 10.1. The molecule has 1 N–H and O–H groups in total. The summed E-state index contributed by atoms with van der Waals surface area (Å²) in [7, 11) is 0. The quantitative estimate of drug-likeness (QED) is 0.562. The Morgan fingerprint density at radius 1 is 1.14 bits per heavy atom. The van der Waals surface area contributed by atoms with Gasteiger partial charge >= 0.3 is 0 Å². The Kier molecular flexibility index (Phi) is 4.77. The van der Waals surface area contributed by atoms with Gasteiger partial charge in [0.05, 0.1) is 23.1 Å². The number of nitrogens with one attached hydrogen (secondary N) is 1. The highest BCUT2D eigenvalue weighted by atomic mass is 35.5. The van der Waals surface area contributed by atoms with Gasteiger partial charge in [0.15, 0.2) is 5.82 Å². The van der Waals surface area contributed by atoms with Gasteiger partial charge in [-0.2, -0.15) is 0 Å². The van der Waals surface area contributed by atoms with Crippen LogP contribution in [0.2, 0.25) is 5.02 Å². The normalized spacial score (nSPS) is 10.6. The average molecular weight is 393 g/mol. The fraction of sp³-hybridized carbons (Fsp3) is 0.0526. The summed E-state index contributed by atoms with van der Waals surface area (Å²) in [6.07, 6.45) is 7.45. The first-order valence-electron chi connectivity index (χ1n) is 8.22. The molecule has 1 aromatic carbocycles. The summed E-state index contributed by atoms with van der Waals surface area (Å²) < 4.78 is 5.21. The van der Waals surface area contributed by atoms with Gasteiger partial charge in [0.25, 0.3) is 5.91 Å². The van der Waals surface area contributed by atoms with Crippen LogP contribution < -0.4 is 5.32 Å². The van der Waals surface area contributed by atoms with E-state index in [4.69, 9.17) is 16.0 Å². The van der Waals surface area contributed by atoms with Crippen LogP contribution in [0.25, 0.3) is 22.7 Å². The van der Waals surface area contributed by atoms with Crippen molar-refractivity contribution in [2.75, 3.05) is 5.32 Å². The number of hydrogen-bond acceptors (Lipinski definition) is 7. The Hall–Kier alpha value is -3.65. The van der Waals surface area contributed by atoms with Crippen molar-refractivity contribution in [2.24, 2.45) is 0 Å². The number of halogens is 1. The summed E-state index contributed by atoms with van der Waals surface area (Å²) in [5.41, 5.74) is 3.21. The minimum Gasteiger partial charge on any atom is -0.423 e. The molecule has 0 atom stereocenters. The molecular weight excluding hydrogens is 380 g/mol. The zero-order chi connectivity index (χ0) is 19.5. The van der Waals surface area contributed by atoms with Gasteiger partial charge in [-0.15, -0.1) is 10.2 Å². The molecule has 8 nitrogen and oxygen atoms in total. The highest BCUT2D eigenvalue weighted by molar-refractivity contribution is 6.33. The van der Waals surface area contributed by atoms with Gasteiger partial charge < -0.3 is 9.73 Å². The molecule has 0 aliphatic carbocycles. The van der Waals surface area contributed by atoms with E-state index in [-0.39, 0.29) is 5.91 Å². The van der Waals surface area contributed by atoms with Crippen molar-refractivity contribution >= 4 is 23.3 Å². The Labute approximate surface area is 164 Å². The predicted octanol–water partition coefficient (Wildman–Crippen LogP) is 3.80. The van der Waals surface area contributed by atoms with Gasteiger partial charge in [-0.1, -0.05) is 11.6 Å². The van der Waals surface area contributed by atoms with E-state index >= 15 is 0 Å². The van der Waals surface area contributed by atoms with Crippen molar-refractivity contribution < 1.29 is 9.21 Å². The topological polar surface area (TPSA) is 107 Å². The van der Waals surface area contributed by atoms with Crippen molar-refractivity contribution in [3.8, 4) is 22.7 Å². The summed E-state index contributed by atoms with van der Waals surface area (Å²) >= 11 is 6.30. The number of nitrogens with zero attached hydrogens (tertiary/aromatic N) is 5. The largest absolute Gasteiger partial charge is 0.423 e. The molecule has 0 spiro atoms. The van der Waals surface area contributed by atoms with Crippen LogP contribution in [0.5, 0.6) is 0 Å². The monoisotopic (exact) mass is 392 g/mol. The van der Waals surface area contributed by atoms with Crippen LogP contribution >= 0.6 is 11.6 Å². The van der Waals surface area contributed by atoms with Crippen molar-refractivity contribution in [3.63, 3.8) is 0 Å². The molecule has 0 bridgehead atoms. The van der Waals surface area contributed by atoms with E-state index < -0.39 is 0 Å². The van der Waals surface area contributed by atoms with Gasteiger partial charge in [0.1, 0.15) is 0 Å².